The van der Waals surface area contributed by atoms with Crippen molar-refractivity contribution in [2.24, 2.45) is 0 Å². The van der Waals surface area contributed by atoms with Crippen LogP contribution >= 0.6 is 0 Å². The minimum Gasteiger partial charge on any atom is -0.388 e. The Bertz CT molecular complexity index is 534. The van der Waals surface area contributed by atoms with Crippen LogP contribution in [0.25, 0.3) is 0 Å². The number of carbonyl (C=O) groups is 1. The van der Waals surface area contributed by atoms with Crippen LogP contribution in [0.2, 0.25) is 0 Å². The van der Waals surface area contributed by atoms with Crippen LogP contribution < -0.4 is 5.32 Å². The number of hydrogen-bond donors (Lipinski definition) is 1. The van der Waals surface area contributed by atoms with Crippen molar-refractivity contribution in [3.05, 3.63) is 65.2 Å². The van der Waals surface area contributed by atoms with Crippen molar-refractivity contribution in [1.29, 1.82) is 0 Å². The molecule has 2 aromatic rings. The zero-order valence-electron chi connectivity index (χ0n) is 10.7. The summed E-state index contributed by atoms with van der Waals surface area (Å²) in [6, 6.07) is 16.0. The van der Waals surface area contributed by atoms with Gasteiger partial charge in [0, 0.05) is 12.7 Å². The van der Waals surface area contributed by atoms with Gasteiger partial charge in [0.1, 0.15) is 6.29 Å². The summed E-state index contributed by atoms with van der Waals surface area (Å²) >= 11 is 0. The highest BCUT2D eigenvalue weighted by Gasteiger charge is 2.16. The molecule has 0 bridgehead atoms. The maximum absolute atomic E-state index is 11.5. The summed E-state index contributed by atoms with van der Waals surface area (Å²) in [6.07, 6.45) is 1.00. The molecule has 1 unspecified atom stereocenters. The van der Waals surface area contributed by atoms with E-state index in [0.29, 0.717) is 0 Å². The fourth-order valence-electron chi connectivity index (χ4n) is 2.16. The van der Waals surface area contributed by atoms with Gasteiger partial charge in [-0.1, -0.05) is 48.0 Å². The van der Waals surface area contributed by atoms with Crippen molar-refractivity contribution in [3.63, 3.8) is 0 Å². The molecule has 1 N–H and O–H groups in total. The first-order chi connectivity index (χ1) is 8.76. The highest BCUT2D eigenvalue weighted by atomic mass is 16.1. The third kappa shape index (κ3) is 2.43. The predicted molar refractivity (Wildman–Crippen MR) is 75.1 cm³/mol. The monoisotopic (exact) mass is 239 g/mol. The van der Waals surface area contributed by atoms with E-state index in [9.17, 15) is 4.79 Å². The van der Waals surface area contributed by atoms with Crippen molar-refractivity contribution < 1.29 is 4.79 Å². The first-order valence-corrected chi connectivity index (χ1v) is 6.05. The summed E-state index contributed by atoms with van der Waals surface area (Å²) < 4.78 is 0. The standard InChI is InChI=1S/C16H17NO/c1-12-8-9-16(17-2)14(10-12)15(11-18)13-6-4-3-5-7-13/h3-11,15,17H,1-2H3. The van der Waals surface area contributed by atoms with Gasteiger partial charge in [0.2, 0.25) is 0 Å². The van der Waals surface area contributed by atoms with Gasteiger partial charge in [-0.25, -0.2) is 0 Å². The van der Waals surface area contributed by atoms with E-state index < -0.39 is 0 Å². The molecule has 0 aliphatic heterocycles. The maximum atomic E-state index is 11.5. The SMILES string of the molecule is CNc1ccc(C)cc1C(C=O)c1ccccc1. The normalized spacial score (nSPS) is 11.9. The quantitative estimate of drug-likeness (QED) is 0.829. The number of carbonyl (C=O) groups excluding carboxylic acids is 1. The zero-order valence-corrected chi connectivity index (χ0v) is 10.7. The van der Waals surface area contributed by atoms with Gasteiger partial charge in [-0.2, -0.15) is 0 Å². The number of hydrogen-bond acceptors (Lipinski definition) is 2. The average molecular weight is 239 g/mol. The third-order valence-electron chi connectivity index (χ3n) is 3.11. The van der Waals surface area contributed by atoms with Gasteiger partial charge >= 0.3 is 0 Å². The van der Waals surface area contributed by atoms with E-state index in [1.165, 1.54) is 0 Å². The molecule has 18 heavy (non-hydrogen) atoms. The average Bonchev–Trinajstić information content (AvgIpc) is 2.41. The molecule has 2 rings (SSSR count). The van der Waals surface area contributed by atoms with Gasteiger partial charge < -0.3 is 10.1 Å². The molecule has 0 radical (unpaired) electrons. The number of anilines is 1. The summed E-state index contributed by atoms with van der Waals surface area (Å²) in [7, 11) is 1.88. The molecule has 0 aromatic heterocycles. The van der Waals surface area contributed by atoms with Crippen molar-refractivity contribution in [1.82, 2.24) is 0 Å². The zero-order chi connectivity index (χ0) is 13.0. The van der Waals surface area contributed by atoms with Gasteiger partial charge in [0.15, 0.2) is 0 Å². The molecule has 92 valence electrons. The molecule has 0 fully saturated rings. The summed E-state index contributed by atoms with van der Waals surface area (Å²) in [4.78, 5) is 11.5. The van der Waals surface area contributed by atoms with Crippen LogP contribution in [0.5, 0.6) is 0 Å². The second kappa shape index (κ2) is 5.50. The lowest BCUT2D eigenvalue weighted by atomic mass is 9.90. The van der Waals surface area contributed by atoms with E-state index >= 15 is 0 Å². The topological polar surface area (TPSA) is 29.1 Å². The Morgan fingerprint density at radius 1 is 1.11 bits per heavy atom. The number of aryl methyl sites for hydroxylation is 1. The van der Waals surface area contributed by atoms with Crippen LogP contribution in [0.1, 0.15) is 22.6 Å². The Labute approximate surface area is 108 Å². The second-order valence-corrected chi connectivity index (χ2v) is 4.37. The molecular weight excluding hydrogens is 222 g/mol. The largest absolute Gasteiger partial charge is 0.388 e. The Kier molecular flexibility index (Phi) is 3.78. The summed E-state index contributed by atoms with van der Waals surface area (Å²) in [5, 5.41) is 3.15. The van der Waals surface area contributed by atoms with Crippen LogP contribution in [0.4, 0.5) is 5.69 Å². The van der Waals surface area contributed by atoms with Crippen LogP contribution in [0, 0.1) is 6.92 Å². The first-order valence-electron chi connectivity index (χ1n) is 6.05. The number of benzene rings is 2. The molecule has 0 saturated carbocycles. The Morgan fingerprint density at radius 2 is 1.83 bits per heavy atom. The molecule has 2 nitrogen and oxygen atoms in total. The minimum absolute atomic E-state index is 0.214. The molecule has 0 aliphatic rings. The third-order valence-corrected chi connectivity index (χ3v) is 3.11. The van der Waals surface area contributed by atoms with Crippen LogP contribution in [0.15, 0.2) is 48.5 Å². The van der Waals surface area contributed by atoms with Gasteiger partial charge in [0.25, 0.3) is 0 Å². The summed E-state index contributed by atoms with van der Waals surface area (Å²) in [5.41, 5.74) is 4.21. The molecule has 0 spiro atoms. The van der Waals surface area contributed by atoms with Crippen molar-refractivity contribution >= 4 is 12.0 Å². The van der Waals surface area contributed by atoms with Gasteiger partial charge in [-0.05, 0) is 24.1 Å². The molecule has 0 saturated heterocycles. The van der Waals surface area contributed by atoms with E-state index in [1.54, 1.807) is 0 Å². The van der Waals surface area contributed by atoms with Crippen LogP contribution in [-0.2, 0) is 4.79 Å². The molecule has 2 heteroatoms. The van der Waals surface area contributed by atoms with Crippen molar-refractivity contribution in [2.75, 3.05) is 12.4 Å². The summed E-state index contributed by atoms with van der Waals surface area (Å²) in [6.45, 7) is 2.04. The van der Waals surface area contributed by atoms with E-state index in [1.807, 2.05) is 56.4 Å². The highest BCUT2D eigenvalue weighted by Crippen LogP contribution is 2.29. The number of aldehydes is 1. The van der Waals surface area contributed by atoms with Gasteiger partial charge in [-0.15, -0.1) is 0 Å². The fraction of sp³-hybridized carbons (Fsp3) is 0.188. The lowest BCUT2D eigenvalue weighted by Gasteiger charge is -2.16. The minimum atomic E-state index is -0.214. The Morgan fingerprint density at radius 3 is 2.44 bits per heavy atom. The van der Waals surface area contributed by atoms with Crippen LogP contribution in [-0.4, -0.2) is 13.3 Å². The Balaban J connectivity index is 2.51. The maximum Gasteiger partial charge on any atom is 0.131 e. The first kappa shape index (κ1) is 12.4. The van der Waals surface area contributed by atoms with Crippen LogP contribution in [0.3, 0.4) is 0 Å². The van der Waals surface area contributed by atoms with E-state index in [2.05, 4.69) is 11.4 Å². The molecule has 0 heterocycles. The predicted octanol–water partition coefficient (Wildman–Crippen LogP) is 3.37. The second-order valence-electron chi connectivity index (χ2n) is 4.37. The van der Waals surface area contributed by atoms with E-state index in [0.717, 1.165) is 28.7 Å². The van der Waals surface area contributed by atoms with E-state index in [-0.39, 0.29) is 5.92 Å². The number of nitrogens with one attached hydrogen (secondary N) is 1. The highest BCUT2D eigenvalue weighted by molar-refractivity contribution is 5.73. The molecule has 0 aliphatic carbocycles. The lowest BCUT2D eigenvalue weighted by Crippen LogP contribution is -2.06. The lowest BCUT2D eigenvalue weighted by molar-refractivity contribution is -0.108. The smallest absolute Gasteiger partial charge is 0.131 e. The molecule has 0 amide bonds. The summed E-state index contributed by atoms with van der Waals surface area (Å²) in [5.74, 6) is -0.214. The van der Waals surface area contributed by atoms with Gasteiger partial charge in [0.05, 0.1) is 5.92 Å². The Hall–Kier alpha value is -2.09. The fourth-order valence-corrected chi connectivity index (χ4v) is 2.16. The molecule has 1 atom stereocenters. The molecule has 2 aromatic carbocycles. The van der Waals surface area contributed by atoms with E-state index in [4.69, 9.17) is 0 Å². The van der Waals surface area contributed by atoms with Gasteiger partial charge in [-0.3, -0.25) is 0 Å². The van der Waals surface area contributed by atoms with Crippen molar-refractivity contribution in [3.8, 4) is 0 Å². The molecular formula is C16H17NO. The van der Waals surface area contributed by atoms with Crippen molar-refractivity contribution in [2.45, 2.75) is 12.8 Å². The number of rotatable bonds is 4.